The van der Waals surface area contributed by atoms with E-state index in [0.717, 1.165) is 42.1 Å². The number of fused-ring (bicyclic) bond motifs is 1. The number of aromatic nitrogens is 1. The fourth-order valence-electron chi connectivity index (χ4n) is 2.43. The Bertz CT molecular complexity index is 566. The number of rotatable bonds is 3. The maximum atomic E-state index is 12.1. The molecule has 0 radical (unpaired) electrons. The highest BCUT2D eigenvalue weighted by Gasteiger charge is 2.15. The maximum absolute atomic E-state index is 12.1. The SMILES string of the molecule is O=c1c2ccccc2sn1CCC1CCNC1. The molecule has 2 heterocycles. The summed E-state index contributed by atoms with van der Waals surface area (Å²) in [6.07, 6.45) is 2.36. The molecule has 1 unspecified atom stereocenters. The minimum atomic E-state index is 0.177. The van der Waals surface area contributed by atoms with Gasteiger partial charge in [-0.25, -0.2) is 0 Å². The average Bonchev–Trinajstić information content (AvgIpc) is 2.96. The van der Waals surface area contributed by atoms with Crippen molar-refractivity contribution in [3.63, 3.8) is 0 Å². The Morgan fingerprint density at radius 3 is 3.06 bits per heavy atom. The first-order valence-electron chi connectivity index (χ1n) is 6.14. The lowest BCUT2D eigenvalue weighted by atomic mass is 10.1. The van der Waals surface area contributed by atoms with Crippen LogP contribution in [0.15, 0.2) is 29.1 Å². The normalized spacial score (nSPS) is 20.1. The maximum Gasteiger partial charge on any atom is 0.268 e. The molecule has 2 aromatic rings. The molecule has 1 N–H and O–H groups in total. The molecule has 1 fully saturated rings. The minimum absolute atomic E-state index is 0.177. The Morgan fingerprint density at radius 2 is 2.29 bits per heavy atom. The summed E-state index contributed by atoms with van der Waals surface area (Å²) < 4.78 is 3.00. The first kappa shape index (κ1) is 11.0. The van der Waals surface area contributed by atoms with E-state index in [1.165, 1.54) is 6.42 Å². The number of benzene rings is 1. The molecule has 0 aliphatic carbocycles. The van der Waals surface area contributed by atoms with Gasteiger partial charge in [-0.2, -0.15) is 0 Å². The predicted molar refractivity (Wildman–Crippen MR) is 71.7 cm³/mol. The highest BCUT2D eigenvalue weighted by molar-refractivity contribution is 7.13. The lowest BCUT2D eigenvalue weighted by Gasteiger charge is -2.06. The van der Waals surface area contributed by atoms with Gasteiger partial charge in [-0.1, -0.05) is 23.7 Å². The molecule has 90 valence electrons. The van der Waals surface area contributed by atoms with Crippen molar-refractivity contribution in [1.29, 1.82) is 0 Å². The highest BCUT2D eigenvalue weighted by Crippen LogP contribution is 2.18. The molecule has 1 atom stereocenters. The lowest BCUT2D eigenvalue weighted by Crippen LogP contribution is -2.16. The van der Waals surface area contributed by atoms with E-state index in [4.69, 9.17) is 0 Å². The second-order valence-electron chi connectivity index (χ2n) is 4.64. The lowest BCUT2D eigenvalue weighted by molar-refractivity contribution is 0.490. The third-order valence-electron chi connectivity index (χ3n) is 3.46. The van der Waals surface area contributed by atoms with E-state index in [9.17, 15) is 4.79 Å². The van der Waals surface area contributed by atoms with Gasteiger partial charge < -0.3 is 5.32 Å². The van der Waals surface area contributed by atoms with Crippen LogP contribution in [0.25, 0.3) is 10.1 Å². The second kappa shape index (κ2) is 4.63. The summed E-state index contributed by atoms with van der Waals surface area (Å²) in [7, 11) is 0. The molecule has 3 rings (SSSR count). The van der Waals surface area contributed by atoms with Crippen molar-refractivity contribution in [2.45, 2.75) is 19.4 Å². The Balaban J connectivity index is 1.80. The van der Waals surface area contributed by atoms with Crippen molar-refractivity contribution in [2.75, 3.05) is 13.1 Å². The van der Waals surface area contributed by atoms with E-state index >= 15 is 0 Å². The standard InChI is InChI=1S/C13H16N2OS/c16-13-11-3-1-2-4-12(11)17-15(13)8-6-10-5-7-14-9-10/h1-4,10,14H,5-9H2. The number of hydrogen-bond acceptors (Lipinski definition) is 3. The number of nitrogens with one attached hydrogen (secondary N) is 1. The number of nitrogens with zero attached hydrogens (tertiary/aromatic N) is 1. The first-order chi connectivity index (χ1) is 8.34. The summed E-state index contributed by atoms with van der Waals surface area (Å²) in [5, 5.41) is 4.23. The van der Waals surface area contributed by atoms with Gasteiger partial charge in [0, 0.05) is 6.54 Å². The van der Waals surface area contributed by atoms with Gasteiger partial charge in [0.15, 0.2) is 0 Å². The molecule has 1 aromatic heterocycles. The molecule has 0 bridgehead atoms. The van der Waals surface area contributed by atoms with Gasteiger partial charge in [0.1, 0.15) is 0 Å². The van der Waals surface area contributed by atoms with Gasteiger partial charge in [-0.05, 0) is 44.0 Å². The van der Waals surface area contributed by atoms with Crippen molar-refractivity contribution >= 4 is 21.6 Å². The second-order valence-corrected chi connectivity index (χ2v) is 5.71. The molecule has 1 aliphatic rings. The van der Waals surface area contributed by atoms with Crippen LogP contribution in [0.5, 0.6) is 0 Å². The van der Waals surface area contributed by atoms with Crippen molar-refractivity contribution < 1.29 is 0 Å². The molecule has 1 saturated heterocycles. The van der Waals surface area contributed by atoms with Gasteiger partial charge in [-0.3, -0.25) is 8.75 Å². The third-order valence-corrected chi connectivity index (χ3v) is 4.58. The minimum Gasteiger partial charge on any atom is -0.316 e. The van der Waals surface area contributed by atoms with Crippen LogP contribution in [-0.2, 0) is 6.54 Å². The molecule has 3 nitrogen and oxygen atoms in total. The molecule has 0 saturated carbocycles. The largest absolute Gasteiger partial charge is 0.316 e. The van der Waals surface area contributed by atoms with Crippen LogP contribution in [0.1, 0.15) is 12.8 Å². The summed E-state index contributed by atoms with van der Waals surface area (Å²) in [5.41, 5.74) is 0.177. The molecule has 1 aromatic carbocycles. The van der Waals surface area contributed by atoms with Crippen LogP contribution in [0, 0.1) is 5.92 Å². The van der Waals surface area contributed by atoms with E-state index in [1.54, 1.807) is 11.5 Å². The number of aryl methyl sites for hydroxylation is 1. The monoisotopic (exact) mass is 248 g/mol. The molecule has 4 heteroatoms. The van der Waals surface area contributed by atoms with Gasteiger partial charge in [-0.15, -0.1) is 0 Å². The average molecular weight is 248 g/mol. The van der Waals surface area contributed by atoms with Crippen LogP contribution in [0.4, 0.5) is 0 Å². The first-order valence-corrected chi connectivity index (χ1v) is 6.91. The highest BCUT2D eigenvalue weighted by atomic mass is 32.1. The van der Waals surface area contributed by atoms with E-state index in [-0.39, 0.29) is 5.56 Å². The van der Waals surface area contributed by atoms with Crippen molar-refractivity contribution in [1.82, 2.24) is 9.27 Å². The summed E-state index contributed by atoms with van der Waals surface area (Å²) >= 11 is 1.59. The topological polar surface area (TPSA) is 34.0 Å². The van der Waals surface area contributed by atoms with Gasteiger partial charge in [0.05, 0.1) is 10.1 Å². The zero-order chi connectivity index (χ0) is 11.7. The molecular formula is C13H16N2OS. The molecule has 0 spiro atoms. The molecule has 1 aliphatic heterocycles. The Labute approximate surface area is 104 Å². The fraction of sp³-hybridized carbons (Fsp3) is 0.462. The van der Waals surface area contributed by atoms with E-state index in [0.29, 0.717) is 0 Å². The van der Waals surface area contributed by atoms with Gasteiger partial charge >= 0.3 is 0 Å². The Hall–Kier alpha value is -1.13. The molecule has 17 heavy (non-hydrogen) atoms. The summed E-state index contributed by atoms with van der Waals surface area (Å²) in [5.74, 6) is 0.743. The van der Waals surface area contributed by atoms with E-state index in [1.807, 2.05) is 28.2 Å². The van der Waals surface area contributed by atoms with E-state index < -0.39 is 0 Å². The summed E-state index contributed by atoms with van der Waals surface area (Å²) in [6, 6.07) is 7.86. The van der Waals surface area contributed by atoms with Crippen molar-refractivity contribution in [3.05, 3.63) is 34.6 Å². The number of hydrogen-bond donors (Lipinski definition) is 1. The fourth-order valence-corrected chi connectivity index (χ4v) is 3.43. The van der Waals surface area contributed by atoms with Crippen LogP contribution >= 0.6 is 11.5 Å². The third kappa shape index (κ3) is 2.15. The van der Waals surface area contributed by atoms with Gasteiger partial charge in [0.25, 0.3) is 5.56 Å². The molecule has 0 amide bonds. The summed E-state index contributed by atoms with van der Waals surface area (Å²) in [4.78, 5) is 12.1. The quantitative estimate of drug-likeness (QED) is 0.902. The Morgan fingerprint density at radius 1 is 1.41 bits per heavy atom. The predicted octanol–water partition coefficient (Wildman–Crippen LogP) is 2.06. The Kier molecular flexibility index (Phi) is 2.99. The molecular weight excluding hydrogens is 232 g/mol. The van der Waals surface area contributed by atoms with Crippen molar-refractivity contribution in [2.24, 2.45) is 5.92 Å². The van der Waals surface area contributed by atoms with Crippen LogP contribution < -0.4 is 10.9 Å². The zero-order valence-corrected chi connectivity index (χ0v) is 10.5. The van der Waals surface area contributed by atoms with E-state index in [2.05, 4.69) is 5.32 Å². The smallest absolute Gasteiger partial charge is 0.268 e. The van der Waals surface area contributed by atoms with Crippen LogP contribution in [0.3, 0.4) is 0 Å². The van der Waals surface area contributed by atoms with Crippen LogP contribution in [-0.4, -0.2) is 17.0 Å². The zero-order valence-electron chi connectivity index (χ0n) is 9.69. The van der Waals surface area contributed by atoms with Crippen molar-refractivity contribution in [3.8, 4) is 0 Å². The summed E-state index contributed by atoms with van der Waals surface area (Å²) in [6.45, 7) is 3.11. The van der Waals surface area contributed by atoms with Crippen LogP contribution in [0.2, 0.25) is 0 Å². The van der Waals surface area contributed by atoms with Gasteiger partial charge in [0.2, 0.25) is 0 Å².